The Morgan fingerprint density at radius 2 is 1.85 bits per heavy atom. The van der Waals surface area contributed by atoms with Gasteiger partial charge in [0, 0.05) is 19.3 Å². The topological polar surface area (TPSA) is 51.2 Å². The van der Waals surface area contributed by atoms with E-state index in [9.17, 15) is 13.6 Å². The molecule has 0 radical (unpaired) electrons. The van der Waals surface area contributed by atoms with Gasteiger partial charge in [0.1, 0.15) is 5.60 Å². The van der Waals surface area contributed by atoms with Crippen LogP contribution in [0.15, 0.2) is 30.3 Å². The van der Waals surface area contributed by atoms with Crippen molar-refractivity contribution in [3.8, 4) is 10.4 Å². The second-order valence-corrected chi connectivity index (χ2v) is 8.67. The van der Waals surface area contributed by atoms with Gasteiger partial charge in [0.2, 0.25) is 0 Å². The fraction of sp³-hybridized carbons (Fsp3) is 0.474. The molecule has 0 unspecified atom stereocenters. The van der Waals surface area contributed by atoms with Gasteiger partial charge in [-0.25, -0.2) is 18.6 Å². The maximum atomic E-state index is 13.1. The zero-order valence-electron chi connectivity index (χ0n) is 15.1. The molecule has 144 valence electrons. The smallest absolute Gasteiger partial charge is 0.413 e. The van der Waals surface area contributed by atoms with Gasteiger partial charge in [0.15, 0.2) is 10.8 Å². The summed E-state index contributed by atoms with van der Waals surface area (Å²) in [5, 5.41) is 2.30. The van der Waals surface area contributed by atoms with E-state index in [0.29, 0.717) is 4.88 Å². The molecule has 8 heteroatoms. The first kappa shape index (κ1) is 18.3. The van der Waals surface area contributed by atoms with Crippen LogP contribution in [-0.4, -0.2) is 47.8 Å². The lowest BCUT2D eigenvalue weighted by Crippen LogP contribution is -2.63. The van der Waals surface area contributed by atoms with Crippen LogP contribution in [0.2, 0.25) is 0 Å². The van der Waals surface area contributed by atoms with Crippen LogP contribution in [0.4, 0.5) is 19.4 Å². The summed E-state index contributed by atoms with van der Waals surface area (Å²) >= 11 is 0.887. The number of quaternary nitrogens is 1. The lowest BCUT2D eigenvalue weighted by Gasteiger charge is -2.51. The lowest BCUT2D eigenvalue weighted by molar-refractivity contribution is -0.926. The molecule has 1 N–H and O–H groups in total. The number of fused-ring (bicyclic) bond motifs is 3. The van der Waals surface area contributed by atoms with Crippen molar-refractivity contribution in [3.05, 3.63) is 35.3 Å². The molecule has 3 fully saturated rings. The predicted molar refractivity (Wildman–Crippen MR) is 100.0 cm³/mol. The summed E-state index contributed by atoms with van der Waals surface area (Å²) in [5.41, 5.74) is 0.299. The highest BCUT2D eigenvalue weighted by Gasteiger charge is 2.49. The van der Waals surface area contributed by atoms with Gasteiger partial charge >= 0.3 is 6.09 Å². The van der Waals surface area contributed by atoms with Crippen LogP contribution in [-0.2, 0) is 4.74 Å². The highest BCUT2D eigenvalue weighted by atomic mass is 32.1. The van der Waals surface area contributed by atoms with E-state index in [1.807, 2.05) is 18.2 Å². The molecule has 3 aliphatic heterocycles. The van der Waals surface area contributed by atoms with Crippen LogP contribution in [0.25, 0.3) is 10.4 Å². The number of benzene rings is 1. The van der Waals surface area contributed by atoms with Crippen molar-refractivity contribution in [1.29, 1.82) is 0 Å². The van der Waals surface area contributed by atoms with Crippen molar-refractivity contribution in [2.24, 2.45) is 0 Å². The molecule has 0 aliphatic carbocycles. The minimum absolute atomic E-state index is 0.134. The van der Waals surface area contributed by atoms with E-state index >= 15 is 0 Å². The number of hydrogen-bond acceptors (Lipinski definition) is 4. The van der Waals surface area contributed by atoms with E-state index in [-0.39, 0.29) is 10.8 Å². The average molecular weight is 394 g/mol. The third kappa shape index (κ3) is 3.68. The van der Waals surface area contributed by atoms with Gasteiger partial charge in [0.25, 0.3) is 6.43 Å². The zero-order chi connectivity index (χ0) is 19.1. The van der Waals surface area contributed by atoms with Crippen LogP contribution in [0.5, 0.6) is 0 Å². The van der Waals surface area contributed by atoms with Crippen molar-refractivity contribution in [2.45, 2.75) is 31.3 Å². The summed E-state index contributed by atoms with van der Waals surface area (Å²) in [5.74, 6) is 0.134. The normalized spacial score (nSPS) is 27.0. The molecule has 4 heterocycles. The fourth-order valence-electron chi connectivity index (χ4n) is 3.90. The summed E-state index contributed by atoms with van der Waals surface area (Å²) in [7, 11) is 2.23. The number of carbonyl (C=O) groups is 1. The Hall–Kier alpha value is -2.06. The summed E-state index contributed by atoms with van der Waals surface area (Å²) in [4.78, 5) is 17.0. The highest BCUT2D eigenvalue weighted by Crippen LogP contribution is 2.40. The number of hydrogen-bond donors (Lipinski definition) is 1. The second-order valence-electron chi connectivity index (χ2n) is 7.63. The first-order valence-corrected chi connectivity index (χ1v) is 9.88. The van der Waals surface area contributed by atoms with Crippen molar-refractivity contribution >= 4 is 23.2 Å². The Labute approximate surface area is 160 Å². The van der Waals surface area contributed by atoms with E-state index in [1.54, 1.807) is 12.1 Å². The number of thiazole rings is 1. The quantitative estimate of drug-likeness (QED) is 0.766. The minimum atomic E-state index is -2.69. The number of alkyl halides is 2. The highest BCUT2D eigenvalue weighted by molar-refractivity contribution is 7.15. The lowest BCUT2D eigenvalue weighted by atomic mass is 9.81. The molecule has 1 aromatic heterocycles. The van der Waals surface area contributed by atoms with Crippen LogP contribution >= 0.6 is 11.3 Å². The summed E-state index contributed by atoms with van der Waals surface area (Å²) in [6.07, 6.45) is -0.795. The van der Waals surface area contributed by atoms with Gasteiger partial charge in [0.05, 0.1) is 31.6 Å². The molecular weight excluding hydrogens is 372 g/mol. The second kappa shape index (κ2) is 6.83. The third-order valence-corrected chi connectivity index (χ3v) is 6.83. The number of nitrogens with one attached hydrogen (secondary N) is 1. The van der Waals surface area contributed by atoms with Crippen LogP contribution in [0, 0.1) is 0 Å². The molecule has 1 amide bonds. The summed E-state index contributed by atoms with van der Waals surface area (Å²) in [6, 6.07) is 9.09. The molecule has 5 rings (SSSR count). The third-order valence-electron chi connectivity index (χ3n) is 5.72. The van der Waals surface area contributed by atoms with Gasteiger partial charge in [-0.05, 0) is 5.56 Å². The van der Waals surface area contributed by atoms with E-state index in [2.05, 4.69) is 17.3 Å². The molecular formula is C19H22F2N3O2S+. The Morgan fingerprint density at radius 1 is 1.22 bits per heavy atom. The molecule has 0 atom stereocenters. The number of piperidine rings is 3. The van der Waals surface area contributed by atoms with Crippen molar-refractivity contribution in [1.82, 2.24) is 4.98 Å². The van der Waals surface area contributed by atoms with E-state index < -0.39 is 18.1 Å². The Kier molecular flexibility index (Phi) is 4.63. The monoisotopic (exact) mass is 394 g/mol. The number of halogens is 2. The SMILES string of the molecule is C[N+]12CCC(OC(=O)Nc3nc(C(F)F)sc3-c3ccccc3)(CC1)CC2. The molecule has 3 aliphatic rings. The van der Waals surface area contributed by atoms with Gasteiger partial charge in [-0.1, -0.05) is 30.3 Å². The minimum Gasteiger partial charge on any atom is -0.442 e. The van der Waals surface area contributed by atoms with E-state index in [4.69, 9.17) is 4.74 Å². The molecule has 0 saturated carbocycles. The van der Waals surface area contributed by atoms with Gasteiger partial charge in [-0.15, -0.1) is 11.3 Å². The Morgan fingerprint density at radius 3 is 2.44 bits per heavy atom. The Bertz CT molecular complexity index is 816. The molecule has 1 aromatic carbocycles. The largest absolute Gasteiger partial charge is 0.442 e. The zero-order valence-corrected chi connectivity index (χ0v) is 15.9. The number of ether oxygens (including phenoxy) is 1. The number of carbonyl (C=O) groups excluding carboxylic acids is 1. The molecule has 3 saturated heterocycles. The molecule has 2 bridgehead atoms. The van der Waals surface area contributed by atoms with Crippen molar-refractivity contribution < 1.29 is 22.8 Å². The number of nitrogens with zero attached hydrogens (tertiary/aromatic N) is 2. The molecule has 27 heavy (non-hydrogen) atoms. The maximum Gasteiger partial charge on any atom is 0.413 e. The van der Waals surface area contributed by atoms with Gasteiger partial charge in [-0.2, -0.15) is 0 Å². The van der Waals surface area contributed by atoms with Crippen LogP contribution < -0.4 is 5.32 Å². The van der Waals surface area contributed by atoms with E-state index in [0.717, 1.165) is 60.3 Å². The average Bonchev–Trinajstić information content (AvgIpc) is 3.08. The fourth-order valence-corrected chi connectivity index (χ4v) is 4.79. The van der Waals surface area contributed by atoms with E-state index in [1.165, 1.54) is 0 Å². The molecule has 0 spiro atoms. The maximum absolute atomic E-state index is 13.1. The number of rotatable bonds is 4. The number of aromatic nitrogens is 1. The first-order chi connectivity index (χ1) is 12.9. The molecule has 2 aromatic rings. The molecule has 5 nitrogen and oxygen atoms in total. The van der Waals surface area contributed by atoms with Crippen LogP contribution in [0.1, 0.15) is 30.7 Å². The van der Waals surface area contributed by atoms with Gasteiger partial charge < -0.3 is 9.22 Å². The number of amides is 1. The standard InChI is InChI=1S/C19H21F2N3O2S/c1-24-10-7-19(8-11-24,9-12-24)26-18(25)23-16-14(13-5-3-2-4-6-13)27-17(22-16)15(20)21/h2-6,15H,7-12H2,1H3/p+1. The Balaban J connectivity index is 1.53. The number of anilines is 1. The summed E-state index contributed by atoms with van der Waals surface area (Å²) < 4.78 is 33.1. The van der Waals surface area contributed by atoms with Crippen LogP contribution in [0.3, 0.4) is 0 Å². The van der Waals surface area contributed by atoms with Crippen molar-refractivity contribution in [3.63, 3.8) is 0 Å². The first-order valence-electron chi connectivity index (χ1n) is 9.06. The van der Waals surface area contributed by atoms with Gasteiger partial charge in [-0.3, -0.25) is 5.32 Å². The predicted octanol–water partition coefficient (Wildman–Crippen LogP) is 4.68. The van der Waals surface area contributed by atoms with Crippen molar-refractivity contribution in [2.75, 3.05) is 32.0 Å². The summed E-state index contributed by atoms with van der Waals surface area (Å²) in [6.45, 7) is 2.98.